The van der Waals surface area contributed by atoms with Crippen LogP contribution in [0.4, 0.5) is 0 Å². The first-order valence-corrected chi connectivity index (χ1v) is 7.37. The molecule has 6 heteroatoms. The van der Waals surface area contributed by atoms with Gasteiger partial charge in [-0.3, -0.25) is 14.9 Å². The second kappa shape index (κ2) is 5.58. The molecule has 0 bridgehead atoms. The van der Waals surface area contributed by atoms with Gasteiger partial charge in [-0.2, -0.15) is 0 Å². The van der Waals surface area contributed by atoms with Gasteiger partial charge in [-0.25, -0.2) is 4.68 Å². The van der Waals surface area contributed by atoms with Gasteiger partial charge in [-0.05, 0) is 24.3 Å². The third kappa shape index (κ3) is 2.40. The average molecular weight is 316 g/mol. The number of para-hydroxylation sites is 1. The molecule has 1 aliphatic rings. The fraction of sp³-hybridized carbons (Fsp3) is 0. The van der Waals surface area contributed by atoms with Crippen molar-refractivity contribution in [2.45, 2.75) is 0 Å². The lowest BCUT2D eigenvalue weighted by atomic mass is 9.94. The summed E-state index contributed by atoms with van der Waals surface area (Å²) in [4.78, 5) is 24.1. The summed E-state index contributed by atoms with van der Waals surface area (Å²) in [6, 6.07) is 16.5. The van der Waals surface area contributed by atoms with Crippen molar-refractivity contribution in [1.29, 1.82) is 0 Å². The molecule has 0 unspecified atom stereocenters. The molecule has 1 aliphatic heterocycles. The Balaban J connectivity index is 1.76. The van der Waals surface area contributed by atoms with E-state index in [1.54, 1.807) is 41.2 Å². The number of hydrogen-bond acceptors (Lipinski definition) is 4. The van der Waals surface area contributed by atoms with Gasteiger partial charge < -0.3 is 0 Å². The van der Waals surface area contributed by atoms with Crippen molar-refractivity contribution < 1.29 is 9.59 Å². The first-order chi connectivity index (χ1) is 11.7. The molecule has 0 spiro atoms. The van der Waals surface area contributed by atoms with Crippen molar-refractivity contribution in [2.75, 3.05) is 0 Å². The summed E-state index contributed by atoms with van der Waals surface area (Å²) in [6.45, 7) is 0. The Morgan fingerprint density at radius 2 is 1.58 bits per heavy atom. The minimum Gasteiger partial charge on any atom is -0.288 e. The molecule has 1 aromatic heterocycles. The normalized spacial score (nSPS) is 15.2. The van der Waals surface area contributed by atoms with Crippen molar-refractivity contribution >= 4 is 23.5 Å². The van der Waals surface area contributed by atoms with Crippen molar-refractivity contribution in [1.82, 2.24) is 20.3 Å². The van der Waals surface area contributed by atoms with Crippen LogP contribution < -0.4 is 5.32 Å². The van der Waals surface area contributed by atoms with Crippen LogP contribution >= 0.6 is 0 Å². The zero-order valence-electron chi connectivity index (χ0n) is 12.5. The third-order valence-electron chi connectivity index (χ3n) is 3.76. The number of rotatable bonds is 2. The molecule has 2 amide bonds. The van der Waals surface area contributed by atoms with Crippen molar-refractivity contribution in [2.24, 2.45) is 0 Å². The van der Waals surface area contributed by atoms with E-state index in [0.717, 1.165) is 5.69 Å². The summed E-state index contributed by atoms with van der Waals surface area (Å²) in [7, 11) is 0. The highest BCUT2D eigenvalue weighted by molar-refractivity contribution is 6.33. The number of nitrogens with zero attached hydrogens (tertiary/aromatic N) is 3. The van der Waals surface area contributed by atoms with Crippen molar-refractivity contribution in [3.63, 3.8) is 0 Å². The van der Waals surface area contributed by atoms with E-state index in [1.165, 1.54) is 0 Å². The van der Waals surface area contributed by atoms with Crippen LogP contribution in [-0.4, -0.2) is 26.8 Å². The first kappa shape index (κ1) is 14.1. The van der Waals surface area contributed by atoms with Crippen LogP contribution in [0, 0.1) is 0 Å². The van der Waals surface area contributed by atoms with Crippen LogP contribution in [0.5, 0.6) is 0 Å². The van der Waals surface area contributed by atoms with E-state index >= 15 is 0 Å². The Hall–Kier alpha value is -3.54. The molecule has 0 atom stereocenters. The Morgan fingerprint density at radius 1 is 0.875 bits per heavy atom. The van der Waals surface area contributed by atoms with Gasteiger partial charge in [-0.15, -0.1) is 5.10 Å². The second-order valence-corrected chi connectivity index (χ2v) is 5.31. The van der Waals surface area contributed by atoms with Crippen LogP contribution in [-0.2, 0) is 4.79 Å². The molecule has 0 saturated heterocycles. The van der Waals surface area contributed by atoms with E-state index in [1.807, 2.05) is 30.3 Å². The summed E-state index contributed by atoms with van der Waals surface area (Å²) >= 11 is 0. The van der Waals surface area contributed by atoms with E-state index in [0.29, 0.717) is 22.4 Å². The number of amides is 2. The van der Waals surface area contributed by atoms with Crippen LogP contribution in [0.25, 0.3) is 17.3 Å². The zero-order chi connectivity index (χ0) is 16.5. The lowest BCUT2D eigenvalue weighted by molar-refractivity contribution is -0.114. The number of benzene rings is 2. The molecule has 2 heterocycles. The van der Waals surface area contributed by atoms with Gasteiger partial charge in [-0.1, -0.05) is 41.6 Å². The summed E-state index contributed by atoms with van der Waals surface area (Å²) < 4.78 is 1.63. The molecule has 2 aromatic carbocycles. The van der Waals surface area contributed by atoms with Gasteiger partial charge in [0.15, 0.2) is 0 Å². The van der Waals surface area contributed by atoms with Crippen molar-refractivity contribution in [3.05, 3.63) is 77.6 Å². The predicted molar refractivity (Wildman–Crippen MR) is 88.1 cm³/mol. The molecule has 6 nitrogen and oxygen atoms in total. The summed E-state index contributed by atoms with van der Waals surface area (Å²) in [5.74, 6) is -0.825. The van der Waals surface area contributed by atoms with Gasteiger partial charge in [0, 0.05) is 11.1 Å². The number of hydrogen-bond donors (Lipinski definition) is 1. The quantitative estimate of drug-likeness (QED) is 0.580. The fourth-order valence-corrected chi connectivity index (χ4v) is 2.62. The molecule has 0 aliphatic carbocycles. The number of nitrogens with one attached hydrogen (secondary N) is 1. The van der Waals surface area contributed by atoms with Gasteiger partial charge in [0.1, 0.15) is 5.69 Å². The first-order valence-electron chi connectivity index (χ1n) is 7.37. The van der Waals surface area contributed by atoms with Gasteiger partial charge in [0.05, 0.1) is 17.5 Å². The maximum atomic E-state index is 12.2. The highest BCUT2D eigenvalue weighted by atomic mass is 16.2. The standard InChI is InChI=1S/C18H12N4O2/c23-17-15-9-5-4-8-14(15)16(18(24)19-17)10-12-11-22(21-20-12)13-6-2-1-3-7-13/h1-11H,(H,19,23,24)/b16-10+. The monoisotopic (exact) mass is 316 g/mol. The van der Waals surface area contributed by atoms with E-state index in [9.17, 15) is 9.59 Å². The van der Waals surface area contributed by atoms with Gasteiger partial charge >= 0.3 is 0 Å². The third-order valence-corrected chi connectivity index (χ3v) is 3.76. The van der Waals surface area contributed by atoms with Gasteiger partial charge in [0.25, 0.3) is 11.8 Å². The summed E-state index contributed by atoms with van der Waals surface area (Å²) in [6.07, 6.45) is 3.36. The minimum absolute atomic E-state index is 0.388. The number of carbonyl (C=O) groups is 2. The molecule has 3 aromatic rings. The van der Waals surface area contributed by atoms with Crippen LogP contribution in [0.2, 0.25) is 0 Å². The molecule has 0 radical (unpaired) electrons. The molecular weight excluding hydrogens is 304 g/mol. The number of imide groups is 1. The molecule has 0 fully saturated rings. The predicted octanol–water partition coefficient (Wildman–Crippen LogP) is 2.08. The summed E-state index contributed by atoms with van der Waals surface area (Å²) in [5, 5.41) is 10.5. The number of aromatic nitrogens is 3. The Morgan fingerprint density at radius 3 is 2.38 bits per heavy atom. The second-order valence-electron chi connectivity index (χ2n) is 5.31. The lowest BCUT2D eigenvalue weighted by Gasteiger charge is -2.17. The molecule has 116 valence electrons. The SMILES string of the molecule is O=C1NC(=O)c2ccccc2/C1=C\c1cn(-c2ccccc2)nn1. The van der Waals surface area contributed by atoms with E-state index in [2.05, 4.69) is 15.6 Å². The van der Waals surface area contributed by atoms with Crippen molar-refractivity contribution in [3.8, 4) is 5.69 Å². The van der Waals surface area contributed by atoms with E-state index < -0.39 is 5.91 Å². The largest absolute Gasteiger partial charge is 0.288 e. The Labute approximate surface area is 137 Å². The highest BCUT2D eigenvalue weighted by Gasteiger charge is 2.26. The topological polar surface area (TPSA) is 76.9 Å². The number of fused-ring (bicyclic) bond motifs is 1. The molecular formula is C18H12N4O2. The fourth-order valence-electron chi connectivity index (χ4n) is 2.62. The summed E-state index contributed by atoms with van der Waals surface area (Å²) in [5.41, 5.74) is 2.87. The molecule has 1 N–H and O–H groups in total. The minimum atomic E-state index is -0.437. The van der Waals surface area contributed by atoms with E-state index in [-0.39, 0.29) is 5.91 Å². The molecule has 4 rings (SSSR count). The van der Waals surface area contributed by atoms with E-state index in [4.69, 9.17) is 0 Å². The van der Waals surface area contributed by atoms with Crippen LogP contribution in [0.15, 0.2) is 60.8 Å². The molecule has 0 saturated carbocycles. The Bertz CT molecular complexity index is 973. The van der Waals surface area contributed by atoms with Crippen LogP contribution in [0.1, 0.15) is 21.6 Å². The maximum absolute atomic E-state index is 12.2. The zero-order valence-corrected chi connectivity index (χ0v) is 12.5. The van der Waals surface area contributed by atoms with Crippen LogP contribution in [0.3, 0.4) is 0 Å². The lowest BCUT2D eigenvalue weighted by Crippen LogP contribution is -2.36. The highest BCUT2D eigenvalue weighted by Crippen LogP contribution is 2.25. The van der Waals surface area contributed by atoms with Gasteiger partial charge in [0.2, 0.25) is 0 Å². The maximum Gasteiger partial charge on any atom is 0.258 e. The Kier molecular flexibility index (Phi) is 3.28. The average Bonchev–Trinajstić information content (AvgIpc) is 3.08. The smallest absolute Gasteiger partial charge is 0.258 e. The number of carbonyl (C=O) groups excluding carboxylic acids is 2. The molecule has 24 heavy (non-hydrogen) atoms.